The Kier molecular flexibility index (Phi) is 5.96. The lowest BCUT2D eigenvalue weighted by Gasteiger charge is -2.20. The van der Waals surface area contributed by atoms with Gasteiger partial charge in [0.15, 0.2) is 0 Å². The summed E-state index contributed by atoms with van der Waals surface area (Å²) in [7, 11) is 1.57. The molecule has 0 heterocycles. The summed E-state index contributed by atoms with van der Waals surface area (Å²) < 4.78 is 5.85. The van der Waals surface area contributed by atoms with E-state index in [1.807, 2.05) is 13.8 Å². The van der Waals surface area contributed by atoms with Gasteiger partial charge >= 0.3 is 0 Å². The van der Waals surface area contributed by atoms with Gasteiger partial charge in [-0.05, 0) is 40.0 Å². The van der Waals surface area contributed by atoms with Gasteiger partial charge < -0.3 is 10.1 Å². The predicted molar refractivity (Wildman–Crippen MR) is 77.5 cm³/mol. The van der Waals surface area contributed by atoms with Gasteiger partial charge in [-0.1, -0.05) is 13.8 Å². The van der Waals surface area contributed by atoms with Crippen LogP contribution in [0, 0.1) is 5.92 Å². The maximum Gasteiger partial charge on any atom is 0.252 e. The van der Waals surface area contributed by atoms with Gasteiger partial charge in [-0.15, -0.1) is 11.6 Å². The third-order valence-corrected chi connectivity index (χ3v) is 3.73. The number of benzene rings is 1. The summed E-state index contributed by atoms with van der Waals surface area (Å²) in [6.07, 6.45) is 0. The highest BCUT2D eigenvalue weighted by molar-refractivity contribution is 9.10. The normalized spacial score (nSPS) is 12.3. The average molecular weight is 335 g/mol. The maximum atomic E-state index is 12.2. The maximum absolute atomic E-state index is 12.2. The number of methoxy groups -OCH3 is 1. The molecule has 0 bridgehead atoms. The molecule has 0 radical (unpaired) electrons. The van der Waals surface area contributed by atoms with E-state index in [1.54, 1.807) is 25.3 Å². The largest absolute Gasteiger partial charge is 0.497 e. The fourth-order valence-corrected chi connectivity index (χ4v) is 2.30. The summed E-state index contributed by atoms with van der Waals surface area (Å²) >= 11 is 9.20. The van der Waals surface area contributed by atoms with Crippen molar-refractivity contribution in [1.29, 1.82) is 0 Å². The summed E-state index contributed by atoms with van der Waals surface area (Å²) in [6, 6.07) is 5.24. The van der Waals surface area contributed by atoms with E-state index in [0.717, 1.165) is 4.47 Å². The molecule has 1 unspecified atom stereocenters. The lowest BCUT2D eigenvalue weighted by atomic mass is 10.1. The molecule has 0 spiro atoms. The Morgan fingerprint density at radius 2 is 2.17 bits per heavy atom. The molecule has 1 aromatic rings. The van der Waals surface area contributed by atoms with Crippen molar-refractivity contribution in [3.05, 3.63) is 28.2 Å². The zero-order valence-corrected chi connectivity index (χ0v) is 13.0. The van der Waals surface area contributed by atoms with Crippen LogP contribution in [0.1, 0.15) is 24.2 Å². The van der Waals surface area contributed by atoms with Gasteiger partial charge in [0.1, 0.15) is 5.75 Å². The van der Waals surface area contributed by atoms with E-state index >= 15 is 0 Å². The Balaban J connectivity index is 2.89. The molecule has 0 aliphatic rings. The monoisotopic (exact) mass is 333 g/mol. The molecular formula is C13H17BrClNO2. The van der Waals surface area contributed by atoms with Crippen molar-refractivity contribution < 1.29 is 9.53 Å². The molecule has 1 N–H and O–H groups in total. The molecule has 5 heteroatoms. The summed E-state index contributed by atoms with van der Waals surface area (Å²) in [5, 5.41) is 2.92. The van der Waals surface area contributed by atoms with Crippen molar-refractivity contribution in [3.8, 4) is 5.75 Å². The zero-order valence-electron chi connectivity index (χ0n) is 10.7. The van der Waals surface area contributed by atoms with Gasteiger partial charge in [0.25, 0.3) is 5.91 Å². The van der Waals surface area contributed by atoms with E-state index in [-0.39, 0.29) is 17.9 Å². The van der Waals surface area contributed by atoms with Crippen LogP contribution in [-0.2, 0) is 0 Å². The molecule has 1 atom stereocenters. The van der Waals surface area contributed by atoms with Crippen LogP contribution >= 0.6 is 27.5 Å². The van der Waals surface area contributed by atoms with Gasteiger partial charge in [-0.3, -0.25) is 4.79 Å². The number of rotatable bonds is 5. The number of alkyl halides is 1. The van der Waals surface area contributed by atoms with Gasteiger partial charge in [0.2, 0.25) is 0 Å². The second-order valence-electron chi connectivity index (χ2n) is 4.32. The van der Waals surface area contributed by atoms with Crippen molar-refractivity contribution in [2.24, 2.45) is 5.92 Å². The van der Waals surface area contributed by atoms with Gasteiger partial charge in [0, 0.05) is 16.4 Å². The molecule has 3 nitrogen and oxygen atoms in total. The van der Waals surface area contributed by atoms with Crippen molar-refractivity contribution in [3.63, 3.8) is 0 Å². The smallest absolute Gasteiger partial charge is 0.252 e. The highest BCUT2D eigenvalue weighted by Gasteiger charge is 2.18. The topological polar surface area (TPSA) is 38.3 Å². The van der Waals surface area contributed by atoms with E-state index in [9.17, 15) is 4.79 Å². The van der Waals surface area contributed by atoms with Crippen LogP contribution in [-0.4, -0.2) is 24.9 Å². The van der Waals surface area contributed by atoms with Crippen LogP contribution in [0.3, 0.4) is 0 Å². The Bertz CT molecular complexity index is 423. The number of halogens is 2. The molecule has 0 aliphatic carbocycles. The number of carbonyl (C=O) groups is 1. The van der Waals surface area contributed by atoms with Gasteiger partial charge in [-0.2, -0.15) is 0 Å². The second kappa shape index (κ2) is 7.00. The molecule has 18 heavy (non-hydrogen) atoms. The molecule has 1 amide bonds. The Morgan fingerprint density at radius 1 is 1.50 bits per heavy atom. The van der Waals surface area contributed by atoms with E-state index in [4.69, 9.17) is 16.3 Å². The first-order valence-corrected chi connectivity index (χ1v) is 7.02. The van der Waals surface area contributed by atoms with Gasteiger partial charge in [-0.25, -0.2) is 0 Å². The molecular weight excluding hydrogens is 318 g/mol. The lowest BCUT2D eigenvalue weighted by Crippen LogP contribution is -2.40. The van der Waals surface area contributed by atoms with E-state index in [1.165, 1.54) is 0 Å². The molecule has 0 fully saturated rings. The fourth-order valence-electron chi connectivity index (χ4n) is 1.43. The lowest BCUT2D eigenvalue weighted by molar-refractivity contribution is 0.0930. The van der Waals surface area contributed by atoms with Crippen molar-refractivity contribution in [2.45, 2.75) is 19.9 Å². The standard InChI is InChI=1S/C13H17BrClNO2/c1-8(2)12(7-15)16-13(17)10-6-9(18-3)4-5-11(10)14/h4-6,8,12H,7H2,1-3H3,(H,16,17). The van der Waals surface area contributed by atoms with Crippen LogP contribution in [0.4, 0.5) is 0 Å². The highest BCUT2D eigenvalue weighted by Crippen LogP contribution is 2.22. The minimum absolute atomic E-state index is 0.0442. The molecule has 0 saturated carbocycles. The first kappa shape index (κ1) is 15.3. The van der Waals surface area contributed by atoms with E-state index in [2.05, 4.69) is 21.2 Å². The Hall–Kier alpha value is -0.740. The van der Waals surface area contributed by atoms with Gasteiger partial charge in [0.05, 0.1) is 12.7 Å². The number of ether oxygens (including phenoxy) is 1. The summed E-state index contributed by atoms with van der Waals surface area (Å²) in [5.41, 5.74) is 0.546. The van der Waals surface area contributed by atoms with Crippen molar-refractivity contribution in [2.75, 3.05) is 13.0 Å². The number of carbonyl (C=O) groups excluding carboxylic acids is 1. The molecule has 0 saturated heterocycles. The van der Waals surface area contributed by atoms with E-state index in [0.29, 0.717) is 17.2 Å². The minimum atomic E-state index is -0.153. The molecule has 1 rings (SSSR count). The SMILES string of the molecule is COc1ccc(Br)c(C(=O)NC(CCl)C(C)C)c1. The Labute approximate surface area is 121 Å². The molecule has 100 valence electrons. The van der Waals surface area contributed by atoms with Crippen molar-refractivity contribution >= 4 is 33.4 Å². The molecule has 0 aromatic heterocycles. The number of nitrogens with one attached hydrogen (secondary N) is 1. The quantitative estimate of drug-likeness (QED) is 0.838. The van der Waals surface area contributed by atoms with Crippen LogP contribution in [0.15, 0.2) is 22.7 Å². The average Bonchev–Trinajstić information content (AvgIpc) is 2.35. The van der Waals surface area contributed by atoms with Crippen LogP contribution in [0.25, 0.3) is 0 Å². The van der Waals surface area contributed by atoms with Crippen LogP contribution in [0.2, 0.25) is 0 Å². The zero-order chi connectivity index (χ0) is 13.7. The minimum Gasteiger partial charge on any atom is -0.497 e. The first-order chi connectivity index (χ1) is 8.49. The number of hydrogen-bond acceptors (Lipinski definition) is 2. The summed E-state index contributed by atoms with van der Waals surface area (Å²) in [5.74, 6) is 1.18. The summed E-state index contributed by atoms with van der Waals surface area (Å²) in [4.78, 5) is 12.2. The number of hydrogen-bond donors (Lipinski definition) is 1. The Morgan fingerprint density at radius 3 is 2.67 bits per heavy atom. The third kappa shape index (κ3) is 3.89. The molecule has 1 aromatic carbocycles. The third-order valence-electron chi connectivity index (χ3n) is 2.71. The number of amides is 1. The van der Waals surface area contributed by atoms with E-state index < -0.39 is 0 Å². The highest BCUT2D eigenvalue weighted by atomic mass is 79.9. The second-order valence-corrected chi connectivity index (χ2v) is 5.49. The predicted octanol–water partition coefficient (Wildman–Crippen LogP) is 3.45. The van der Waals surface area contributed by atoms with Crippen molar-refractivity contribution in [1.82, 2.24) is 5.32 Å². The summed E-state index contributed by atoms with van der Waals surface area (Å²) in [6.45, 7) is 4.04. The molecule has 0 aliphatic heterocycles. The fraction of sp³-hybridized carbons (Fsp3) is 0.462. The van der Waals surface area contributed by atoms with Crippen LogP contribution in [0.5, 0.6) is 5.75 Å². The first-order valence-electron chi connectivity index (χ1n) is 5.70. The van der Waals surface area contributed by atoms with Crippen LogP contribution < -0.4 is 10.1 Å².